The fraction of sp³-hybridized carbons (Fsp3) is 0.333. The highest BCUT2D eigenvalue weighted by molar-refractivity contribution is 8.26. The summed E-state index contributed by atoms with van der Waals surface area (Å²) in [7, 11) is 2.36. The molecule has 0 aromatic heterocycles. The Morgan fingerprint density at radius 3 is 2.30 bits per heavy atom. The van der Waals surface area contributed by atoms with E-state index in [-0.39, 0.29) is 5.04 Å². The summed E-state index contributed by atoms with van der Waals surface area (Å²) in [5.74, 6) is 4.67. The first kappa shape index (κ1) is 9.38. The fourth-order valence-electron chi connectivity index (χ4n) is 0.293. The lowest BCUT2D eigenvalue weighted by molar-refractivity contribution is 0.620. The van der Waals surface area contributed by atoms with Gasteiger partial charge in [-0.1, -0.05) is 0 Å². The van der Waals surface area contributed by atoms with E-state index in [9.17, 15) is 8.42 Å². The van der Waals surface area contributed by atoms with Crippen molar-refractivity contribution in [3.05, 3.63) is 0 Å². The zero-order chi connectivity index (χ0) is 8.20. The van der Waals surface area contributed by atoms with E-state index in [1.807, 2.05) is 0 Å². The van der Waals surface area contributed by atoms with Crippen molar-refractivity contribution >= 4 is 31.0 Å². The molecule has 10 heavy (non-hydrogen) atoms. The molecule has 0 saturated heterocycles. The highest BCUT2D eigenvalue weighted by Gasteiger charge is 2.11. The second-order valence-electron chi connectivity index (χ2n) is 1.28. The zero-order valence-electron chi connectivity index (χ0n) is 5.15. The molecule has 0 heterocycles. The molecule has 0 atom stereocenters. The van der Waals surface area contributed by atoms with E-state index < -0.39 is 9.05 Å². The monoisotopic (exact) mass is 183 g/mol. The van der Waals surface area contributed by atoms with Gasteiger partial charge in [-0.15, -0.1) is 0 Å². The van der Waals surface area contributed by atoms with Crippen molar-refractivity contribution in [3.8, 4) is 0 Å². The SMILES string of the molecule is CN=C(/C=N\N)S(=O)(=O)Cl. The molecule has 0 radical (unpaired) electrons. The predicted molar refractivity (Wildman–Crippen MR) is 40.8 cm³/mol. The predicted octanol–water partition coefficient (Wildman–Crippen LogP) is -0.472. The third-order valence-electron chi connectivity index (χ3n) is 0.655. The molecule has 0 rings (SSSR count). The minimum Gasteiger partial charge on any atom is -0.323 e. The van der Waals surface area contributed by atoms with E-state index in [0.29, 0.717) is 0 Å². The standard InChI is InChI=1S/C3H6ClN3O2S/c1-6-3(2-7-5)10(4,8)9/h2H,5H2,1H3/b6-3?,7-2-. The van der Waals surface area contributed by atoms with Crippen LogP contribution in [0.15, 0.2) is 10.1 Å². The summed E-state index contributed by atoms with van der Waals surface area (Å²) in [4.78, 5) is 3.32. The number of nitrogens with zero attached hydrogens (tertiary/aromatic N) is 2. The molecule has 7 heteroatoms. The molecule has 2 N–H and O–H groups in total. The van der Waals surface area contributed by atoms with Gasteiger partial charge in [0.2, 0.25) is 0 Å². The van der Waals surface area contributed by atoms with Gasteiger partial charge >= 0.3 is 0 Å². The van der Waals surface area contributed by atoms with Gasteiger partial charge in [-0.2, -0.15) is 5.10 Å². The number of nitrogens with two attached hydrogens (primary N) is 1. The Balaban J connectivity index is 4.75. The molecular weight excluding hydrogens is 178 g/mol. The maximum absolute atomic E-state index is 10.4. The molecule has 0 aromatic rings. The van der Waals surface area contributed by atoms with Gasteiger partial charge in [0.25, 0.3) is 9.05 Å². The Kier molecular flexibility index (Phi) is 3.31. The van der Waals surface area contributed by atoms with Crippen LogP contribution in [-0.2, 0) is 9.05 Å². The van der Waals surface area contributed by atoms with Crippen molar-refractivity contribution in [2.45, 2.75) is 0 Å². The van der Waals surface area contributed by atoms with Crippen molar-refractivity contribution in [1.82, 2.24) is 0 Å². The average Bonchev–Trinajstić information content (AvgIpc) is 1.80. The van der Waals surface area contributed by atoms with E-state index >= 15 is 0 Å². The summed E-state index contributed by atoms with van der Waals surface area (Å²) in [5.41, 5.74) is 0. The van der Waals surface area contributed by atoms with Crippen LogP contribution < -0.4 is 5.84 Å². The summed E-state index contributed by atoms with van der Waals surface area (Å²) < 4.78 is 20.9. The van der Waals surface area contributed by atoms with Crippen LogP contribution in [0.5, 0.6) is 0 Å². The van der Waals surface area contributed by atoms with Gasteiger partial charge in [0, 0.05) is 17.7 Å². The van der Waals surface area contributed by atoms with Gasteiger partial charge in [-0.3, -0.25) is 4.99 Å². The molecule has 0 bridgehead atoms. The molecule has 0 aromatic carbocycles. The first-order valence-corrected chi connectivity index (χ1v) is 4.48. The topological polar surface area (TPSA) is 84.9 Å². The molecule has 0 spiro atoms. The van der Waals surface area contributed by atoms with Crippen molar-refractivity contribution in [3.63, 3.8) is 0 Å². The summed E-state index contributed by atoms with van der Waals surface area (Å²) in [5, 5.41) is 2.60. The van der Waals surface area contributed by atoms with E-state index in [1.54, 1.807) is 0 Å². The van der Waals surface area contributed by atoms with Gasteiger partial charge in [0.15, 0.2) is 5.04 Å². The molecular formula is C3H6ClN3O2S. The number of hydrogen-bond donors (Lipinski definition) is 1. The maximum Gasteiger partial charge on any atom is 0.279 e. The van der Waals surface area contributed by atoms with Crippen LogP contribution in [0.1, 0.15) is 0 Å². The van der Waals surface area contributed by atoms with Crippen LogP contribution in [0.3, 0.4) is 0 Å². The van der Waals surface area contributed by atoms with Crippen molar-refractivity contribution in [2.24, 2.45) is 15.9 Å². The quantitative estimate of drug-likeness (QED) is 0.196. The second-order valence-corrected chi connectivity index (χ2v) is 3.79. The minimum atomic E-state index is -3.78. The van der Waals surface area contributed by atoms with Crippen LogP contribution >= 0.6 is 10.7 Å². The van der Waals surface area contributed by atoms with E-state index in [2.05, 4.69) is 15.9 Å². The second kappa shape index (κ2) is 3.52. The molecule has 0 aliphatic carbocycles. The number of halogens is 1. The summed E-state index contributed by atoms with van der Waals surface area (Å²) >= 11 is 0. The lowest BCUT2D eigenvalue weighted by atomic mass is 10.8. The van der Waals surface area contributed by atoms with E-state index in [4.69, 9.17) is 10.7 Å². The van der Waals surface area contributed by atoms with Gasteiger partial charge in [-0.25, -0.2) is 8.42 Å². The Morgan fingerprint density at radius 2 is 2.20 bits per heavy atom. The largest absolute Gasteiger partial charge is 0.323 e. The van der Waals surface area contributed by atoms with Crippen LogP contribution in [0, 0.1) is 0 Å². The van der Waals surface area contributed by atoms with E-state index in [1.165, 1.54) is 7.05 Å². The van der Waals surface area contributed by atoms with Gasteiger partial charge < -0.3 is 5.84 Å². The molecule has 0 unspecified atom stereocenters. The van der Waals surface area contributed by atoms with E-state index in [0.717, 1.165) is 6.21 Å². The van der Waals surface area contributed by atoms with Crippen LogP contribution in [-0.4, -0.2) is 26.7 Å². The fourth-order valence-corrected chi connectivity index (χ4v) is 1.02. The van der Waals surface area contributed by atoms with Crippen LogP contribution in [0.25, 0.3) is 0 Å². The van der Waals surface area contributed by atoms with Crippen LogP contribution in [0.2, 0.25) is 0 Å². The lowest BCUT2D eigenvalue weighted by Crippen LogP contribution is -2.10. The summed E-state index contributed by atoms with van der Waals surface area (Å²) in [6.45, 7) is 0. The van der Waals surface area contributed by atoms with Crippen molar-refractivity contribution < 1.29 is 8.42 Å². The smallest absolute Gasteiger partial charge is 0.279 e. The lowest BCUT2D eigenvalue weighted by Gasteiger charge is -1.89. The van der Waals surface area contributed by atoms with Crippen molar-refractivity contribution in [2.75, 3.05) is 7.05 Å². The number of aliphatic imine (C=N–C) groups is 1. The number of rotatable bonds is 1. The number of hydrazone groups is 1. The highest BCUT2D eigenvalue weighted by atomic mass is 35.7. The first-order chi connectivity index (χ1) is 4.52. The minimum absolute atomic E-state index is 0.350. The summed E-state index contributed by atoms with van der Waals surface area (Å²) in [6.07, 6.45) is 0.863. The Labute approximate surface area is 63.0 Å². The molecule has 58 valence electrons. The van der Waals surface area contributed by atoms with Gasteiger partial charge in [0.05, 0.1) is 6.21 Å². The molecule has 5 nitrogen and oxygen atoms in total. The molecule has 0 amide bonds. The van der Waals surface area contributed by atoms with Gasteiger partial charge in [-0.05, 0) is 0 Å². The van der Waals surface area contributed by atoms with Gasteiger partial charge in [0.1, 0.15) is 0 Å². The third kappa shape index (κ3) is 2.79. The Hall–Kier alpha value is -0.620. The average molecular weight is 184 g/mol. The highest BCUT2D eigenvalue weighted by Crippen LogP contribution is 1.97. The molecule has 0 aliphatic heterocycles. The first-order valence-electron chi connectivity index (χ1n) is 2.17. The third-order valence-corrected chi connectivity index (χ3v) is 1.92. The van der Waals surface area contributed by atoms with Crippen LogP contribution in [0.4, 0.5) is 0 Å². The molecule has 0 saturated carbocycles. The molecule has 0 fully saturated rings. The Morgan fingerprint density at radius 1 is 1.70 bits per heavy atom. The molecule has 0 aliphatic rings. The maximum atomic E-state index is 10.4. The number of hydrogen-bond acceptors (Lipinski definition) is 5. The zero-order valence-corrected chi connectivity index (χ0v) is 6.72. The summed E-state index contributed by atoms with van der Waals surface area (Å²) in [6, 6.07) is 0. The normalized spacial score (nSPS) is 14.4. The Bertz CT molecular complexity index is 255. The van der Waals surface area contributed by atoms with Crippen molar-refractivity contribution in [1.29, 1.82) is 0 Å².